The lowest BCUT2D eigenvalue weighted by Gasteiger charge is -2.25. The van der Waals surface area contributed by atoms with Crippen LogP contribution in [0, 0.1) is 0 Å². The molecule has 1 heterocycles. The highest BCUT2D eigenvalue weighted by Gasteiger charge is 2.39. The molecule has 7 heteroatoms. The van der Waals surface area contributed by atoms with Gasteiger partial charge in [-0.25, -0.2) is 4.79 Å². The van der Waals surface area contributed by atoms with Gasteiger partial charge in [-0.3, -0.25) is 9.59 Å². The minimum absolute atomic E-state index is 0.0658. The zero-order valence-corrected chi connectivity index (χ0v) is 13.7. The van der Waals surface area contributed by atoms with Gasteiger partial charge >= 0.3 is 5.97 Å². The molecule has 2 atom stereocenters. The molecule has 1 aliphatic heterocycles. The normalized spacial score (nSPS) is 19.6. The van der Waals surface area contributed by atoms with Crippen LogP contribution in [0.1, 0.15) is 24.9 Å². The number of carbonyl (C=O) groups is 3. The number of amides is 1. The molecule has 112 valence electrons. The molecule has 1 fully saturated rings. The van der Waals surface area contributed by atoms with Crippen molar-refractivity contribution in [3.63, 3.8) is 0 Å². The molecule has 0 radical (unpaired) electrons. The average molecular weight is 372 g/mol. The summed E-state index contributed by atoms with van der Waals surface area (Å²) in [7, 11) is 0. The highest BCUT2D eigenvalue weighted by atomic mass is 79.9. The Balaban J connectivity index is 2.25. The quantitative estimate of drug-likeness (QED) is 0.879. The Morgan fingerprint density at radius 3 is 2.76 bits per heavy atom. The van der Waals surface area contributed by atoms with Crippen LogP contribution in [0.2, 0.25) is 0 Å². The number of nitrogens with zero attached hydrogens (tertiary/aromatic N) is 1. The summed E-state index contributed by atoms with van der Waals surface area (Å²) in [5, 5.41) is 9.24. The van der Waals surface area contributed by atoms with Crippen molar-refractivity contribution in [1.82, 2.24) is 4.90 Å². The van der Waals surface area contributed by atoms with E-state index in [1.54, 1.807) is 24.3 Å². The Morgan fingerprint density at radius 1 is 1.48 bits per heavy atom. The maximum absolute atomic E-state index is 12.1. The number of thioether (sulfide) groups is 1. The Kier molecular flexibility index (Phi) is 5.05. The van der Waals surface area contributed by atoms with E-state index in [1.807, 2.05) is 0 Å². The predicted octanol–water partition coefficient (Wildman–Crippen LogP) is 2.46. The van der Waals surface area contributed by atoms with Gasteiger partial charge in [-0.05, 0) is 17.7 Å². The van der Waals surface area contributed by atoms with E-state index < -0.39 is 12.0 Å². The van der Waals surface area contributed by atoms with E-state index in [9.17, 15) is 19.5 Å². The number of hydrogen-bond donors (Lipinski definition) is 1. The van der Waals surface area contributed by atoms with Crippen molar-refractivity contribution >= 4 is 44.7 Å². The molecular formula is C14H14BrNO4S. The SMILES string of the molecule is CC(=O)SC1CC(=O)N(C(C(=O)O)c2cccc(Br)c2)C1. The van der Waals surface area contributed by atoms with Crippen molar-refractivity contribution < 1.29 is 19.5 Å². The number of benzene rings is 1. The van der Waals surface area contributed by atoms with Gasteiger partial charge in [-0.1, -0.05) is 39.8 Å². The number of carbonyl (C=O) groups excluding carboxylic acids is 2. The van der Waals surface area contributed by atoms with E-state index in [2.05, 4.69) is 15.9 Å². The van der Waals surface area contributed by atoms with E-state index in [1.165, 1.54) is 11.8 Å². The van der Waals surface area contributed by atoms with Gasteiger partial charge in [-0.15, -0.1) is 0 Å². The fourth-order valence-electron chi connectivity index (χ4n) is 2.39. The Hall–Kier alpha value is -1.34. The van der Waals surface area contributed by atoms with Crippen LogP contribution in [-0.2, 0) is 14.4 Å². The van der Waals surface area contributed by atoms with Crippen molar-refractivity contribution in [2.24, 2.45) is 0 Å². The van der Waals surface area contributed by atoms with Gasteiger partial charge < -0.3 is 10.0 Å². The van der Waals surface area contributed by atoms with Gasteiger partial charge in [0.15, 0.2) is 11.2 Å². The van der Waals surface area contributed by atoms with Crippen LogP contribution in [0.25, 0.3) is 0 Å². The number of rotatable bonds is 4. The third-order valence-electron chi connectivity index (χ3n) is 3.17. The summed E-state index contributed by atoms with van der Waals surface area (Å²) in [5.41, 5.74) is 0.540. The predicted molar refractivity (Wildman–Crippen MR) is 82.9 cm³/mol. The molecule has 1 aromatic carbocycles. The third-order valence-corrected chi connectivity index (χ3v) is 4.64. The second-order valence-electron chi connectivity index (χ2n) is 4.78. The third kappa shape index (κ3) is 3.85. The molecule has 1 aromatic rings. The molecule has 21 heavy (non-hydrogen) atoms. The number of halogens is 1. The molecule has 5 nitrogen and oxygen atoms in total. The molecule has 1 amide bonds. The molecule has 0 spiro atoms. The lowest BCUT2D eigenvalue weighted by molar-refractivity contribution is -0.148. The van der Waals surface area contributed by atoms with Crippen molar-refractivity contribution in [3.05, 3.63) is 34.3 Å². The van der Waals surface area contributed by atoms with Crippen LogP contribution in [0.15, 0.2) is 28.7 Å². The van der Waals surface area contributed by atoms with Crippen LogP contribution >= 0.6 is 27.7 Å². The van der Waals surface area contributed by atoms with Gasteiger partial charge in [0.2, 0.25) is 5.91 Å². The highest BCUT2D eigenvalue weighted by molar-refractivity contribution is 9.10. The first-order valence-electron chi connectivity index (χ1n) is 6.33. The monoisotopic (exact) mass is 371 g/mol. The van der Waals surface area contributed by atoms with Gasteiger partial charge in [0.25, 0.3) is 0 Å². The average Bonchev–Trinajstić information content (AvgIpc) is 2.69. The molecule has 2 unspecified atom stereocenters. The van der Waals surface area contributed by atoms with E-state index in [-0.39, 0.29) is 29.2 Å². The first-order valence-corrected chi connectivity index (χ1v) is 8.00. The Bertz CT molecular complexity index is 592. The van der Waals surface area contributed by atoms with E-state index in [4.69, 9.17) is 0 Å². The van der Waals surface area contributed by atoms with E-state index in [0.29, 0.717) is 5.56 Å². The standard InChI is InChI=1S/C14H14BrNO4S/c1-8(17)21-11-6-12(18)16(7-11)13(14(19)20)9-3-2-4-10(15)5-9/h2-5,11,13H,6-7H2,1H3,(H,19,20). The van der Waals surface area contributed by atoms with Crippen LogP contribution in [-0.4, -0.2) is 38.8 Å². The zero-order chi connectivity index (χ0) is 15.6. The molecule has 0 bridgehead atoms. The number of carboxylic acid groups (broad SMARTS) is 1. The minimum Gasteiger partial charge on any atom is -0.479 e. The van der Waals surface area contributed by atoms with Crippen LogP contribution in [0.4, 0.5) is 0 Å². The first kappa shape index (κ1) is 16.0. The summed E-state index contributed by atoms with van der Waals surface area (Å²) in [6, 6.07) is 5.88. The van der Waals surface area contributed by atoms with E-state index in [0.717, 1.165) is 16.2 Å². The second kappa shape index (κ2) is 6.62. The zero-order valence-electron chi connectivity index (χ0n) is 11.3. The van der Waals surface area contributed by atoms with Crippen LogP contribution in [0.5, 0.6) is 0 Å². The summed E-state index contributed by atoms with van der Waals surface area (Å²) in [6.45, 7) is 1.72. The number of hydrogen-bond acceptors (Lipinski definition) is 4. The Labute approximate surface area is 134 Å². The Morgan fingerprint density at radius 2 is 2.19 bits per heavy atom. The summed E-state index contributed by atoms with van der Waals surface area (Å²) >= 11 is 4.40. The van der Waals surface area contributed by atoms with Gasteiger partial charge in [0.1, 0.15) is 0 Å². The number of aliphatic carboxylic acids is 1. The van der Waals surface area contributed by atoms with Crippen molar-refractivity contribution in [2.75, 3.05) is 6.54 Å². The van der Waals surface area contributed by atoms with Gasteiger partial charge in [0.05, 0.1) is 0 Å². The van der Waals surface area contributed by atoms with Gasteiger partial charge in [0, 0.05) is 29.6 Å². The maximum atomic E-state index is 12.1. The number of carboxylic acids is 1. The lowest BCUT2D eigenvalue weighted by Crippen LogP contribution is -2.35. The van der Waals surface area contributed by atoms with Crippen LogP contribution in [0.3, 0.4) is 0 Å². The van der Waals surface area contributed by atoms with Crippen molar-refractivity contribution in [2.45, 2.75) is 24.6 Å². The molecule has 0 aliphatic carbocycles. The summed E-state index contributed by atoms with van der Waals surface area (Å²) in [6.07, 6.45) is 0.196. The second-order valence-corrected chi connectivity index (χ2v) is 7.17. The van der Waals surface area contributed by atoms with Gasteiger partial charge in [-0.2, -0.15) is 0 Å². The molecule has 1 saturated heterocycles. The molecule has 0 saturated carbocycles. The molecule has 1 N–H and O–H groups in total. The fraction of sp³-hybridized carbons (Fsp3) is 0.357. The largest absolute Gasteiger partial charge is 0.479 e. The van der Waals surface area contributed by atoms with Crippen LogP contribution < -0.4 is 0 Å². The summed E-state index contributed by atoms with van der Waals surface area (Å²) in [5.74, 6) is -1.31. The van der Waals surface area contributed by atoms with E-state index >= 15 is 0 Å². The highest BCUT2D eigenvalue weighted by Crippen LogP contribution is 2.32. The van der Waals surface area contributed by atoms with Crippen molar-refractivity contribution in [3.8, 4) is 0 Å². The summed E-state index contributed by atoms with van der Waals surface area (Å²) < 4.78 is 0.757. The molecule has 2 rings (SSSR count). The topological polar surface area (TPSA) is 74.7 Å². The maximum Gasteiger partial charge on any atom is 0.331 e. The lowest BCUT2D eigenvalue weighted by atomic mass is 10.1. The summed E-state index contributed by atoms with van der Waals surface area (Å²) in [4.78, 5) is 36.2. The number of likely N-dealkylation sites (tertiary alicyclic amines) is 1. The fourth-order valence-corrected chi connectivity index (χ4v) is 3.74. The first-order chi connectivity index (χ1) is 9.88. The smallest absolute Gasteiger partial charge is 0.331 e. The molecule has 0 aromatic heterocycles. The molecule has 1 aliphatic rings. The molecular weight excluding hydrogens is 358 g/mol. The van der Waals surface area contributed by atoms with Crippen molar-refractivity contribution in [1.29, 1.82) is 0 Å². The minimum atomic E-state index is -1.07.